The minimum atomic E-state index is -3.79. The largest absolute Gasteiger partial charge is 0.480 e. The number of sulfone groups is 1. The summed E-state index contributed by atoms with van der Waals surface area (Å²) in [7, 11) is -3.79. The van der Waals surface area contributed by atoms with Crippen LogP contribution in [0.4, 0.5) is 0 Å². The quantitative estimate of drug-likeness (QED) is 0.870. The van der Waals surface area contributed by atoms with Gasteiger partial charge in [0, 0.05) is 0 Å². The van der Waals surface area contributed by atoms with Gasteiger partial charge in [-0.15, -0.1) is 0 Å². The zero-order chi connectivity index (χ0) is 13.2. The molecule has 0 spiro atoms. The SMILES string of the molecule is NC(CS(=O)(=O)c1ccc(Cl)c(Cl)c1)C(=O)O. The van der Waals surface area contributed by atoms with Crippen molar-refractivity contribution < 1.29 is 18.3 Å². The van der Waals surface area contributed by atoms with Crippen LogP contribution >= 0.6 is 23.2 Å². The van der Waals surface area contributed by atoms with Crippen LogP contribution < -0.4 is 5.73 Å². The molecule has 3 N–H and O–H groups in total. The standard InChI is InChI=1S/C9H9Cl2NO4S/c10-6-2-1-5(3-7(6)11)17(15,16)4-8(12)9(13)14/h1-3,8H,4,12H2,(H,13,14). The lowest BCUT2D eigenvalue weighted by Crippen LogP contribution is -2.37. The maximum absolute atomic E-state index is 11.8. The van der Waals surface area contributed by atoms with Crippen molar-refractivity contribution in [3.8, 4) is 0 Å². The number of halogens is 2. The Labute approximate surface area is 108 Å². The van der Waals surface area contributed by atoms with E-state index in [4.69, 9.17) is 34.0 Å². The monoisotopic (exact) mass is 297 g/mol. The van der Waals surface area contributed by atoms with Gasteiger partial charge in [-0.2, -0.15) is 0 Å². The van der Waals surface area contributed by atoms with Gasteiger partial charge in [0.25, 0.3) is 0 Å². The van der Waals surface area contributed by atoms with Gasteiger partial charge in [0.2, 0.25) is 0 Å². The summed E-state index contributed by atoms with van der Waals surface area (Å²) in [6, 6.07) is 2.25. The van der Waals surface area contributed by atoms with Crippen molar-refractivity contribution in [2.24, 2.45) is 5.73 Å². The number of hydrogen-bond acceptors (Lipinski definition) is 4. The molecule has 0 aliphatic heterocycles. The molecule has 5 nitrogen and oxygen atoms in total. The second-order valence-electron chi connectivity index (χ2n) is 3.30. The molecule has 0 heterocycles. The van der Waals surface area contributed by atoms with Crippen molar-refractivity contribution in [2.75, 3.05) is 5.75 Å². The molecule has 1 aromatic carbocycles. The molecule has 1 atom stereocenters. The number of hydrogen-bond donors (Lipinski definition) is 2. The van der Waals surface area contributed by atoms with Gasteiger partial charge in [0.1, 0.15) is 6.04 Å². The molecule has 0 fully saturated rings. The molecule has 0 aromatic heterocycles. The fraction of sp³-hybridized carbons (Fsp3) is 0.222. The zero-order valence-corrected chi connectivity index (χ0v) is 10.8. The van der Waals surface area contributed by atoms with Crippen molar-refractivity contribution in [2.45, 2.75) is 10.9 Å². The first-order valence-corrected chi connectivity index (χ1v) is 6.81. The van der Waals surface area contributed by atoms with Crippen LogP contribution in [-0.2, 0) is 14.6 Å². The van der Waals surface area contributed by atoms with E-state index in [-0.39, 0.29) is 14.9 Å². The normalized spacial score (nSPS) is 13.4. The van der Waals surface area contributed by atoms with Crippen LogP contribution in [0.15, 0.2) is 23.1 Å². The summed E-state index contributed by atoms with van der Waals surface area (Å²) in [6.07, 6.45) is 0. The third kappa shape index (κ3) is 3.57. The van der Waals surface area contributed by atoms with Gasteiger partial charge in [0.05, 0.1) is 20.7 Å². The molecule has 0 bridgehead atoms. The number of carbonyl (C=O) groups is 1. The van der Waals surface area contributed by atoms with Crippen molar-refractivity contribution in [1.29, 1.82) is 0 Å². The lowest BCUT2D eigenvalue weighted by Gasteiger charge is -2.08. The Morgan fingerprint density at radius 2 is 1.94 bits per heavy atom. The maximum atomic E-state index is 11.8. The highest BCUT2D eigenvalue weighted by Gasteiger charge is 2.23. The van der Waals surface area contributed by atoms with E-state index in [1.165, 1.54) is 12.1 Å². The number of carboxylic acid groups (broad SMARTS) is 1. The van der Waals surface area contributed by atoms with Gasteiger partial charge in [-0.25, -0.2) is 8.42 Å². The first-order valence-electron chi connectivity index (χ1n) is 4.40. The number of aliphatic carboxylic acids is 1. The summed E-state index contributed by atoms with van der Waals surface area (Å²) < 4.78 is 23.5. The first-order chi connectivity index (χ1) is 7.74. The van der Waals surface area contributed by atoms with E-state index in [1.807, 2.05) is 0 Å². The molecular weight excluding hydrogens is 289 g/mol. The van der Waals surface area contributed by atoms with Crippen molar-refractivity contribution >= 4 is 39.0 Å². The number of benzene rings is 1. The maximum Gasteiger partial charge on any atom is 0.321 e. The van der Waals surface area contributed by atoms with Gasteiger partial charge in [-0.05, 0) is 18.2 Å². The number of rotatable bonds is 4. The Balaban J connectivity index is 3.05. The summed E-state index contributed by atoms with van der Waals surface area (Å²) in [5.41, 5.74) is 5.17. The fourth-order valence-corrected chi connectivity index (χ4v) is 2.82. The highest BCUT2D eigenvalue weighted by Crippen LogP contribution is 2.25. The number of carboxylic acids is 1. The summed E-state index contributed by atoms with van der Waals surface area (Å²) in [5.74, 6) is -2.08. The Morgan fingerprint density at radius 3 is 2.41 bits per heavy atom. The lowest BCUT2D eigenvalue weighted by molar-refractivity contribution is -0.137. The molecular formula is C9H9Cl2NO4S. The second kappa shape index (κ2) is 5.22. The van der Waals surface area contributed by atoms with Gasteiger partial charge in [0.15, 0.2) is 9.84 Å². The average molecular weight is 298 g/mol. The van der Waals surface area contributed by atoms with Gasteiger partial charge >= 0.3 is 5.97 Å². The smallest absolute Gasteiger partial charge is 0.321 e. The van der Waals surface area contributed by atoms with Gasteiger partial charge in [-0.1, -0.05) is 23.2 Å². The molecule has 0 aliphatic rings. The topological polar surface area (TPSA) is 97.5 Å². The van der Waals surface area contributed by atoms with Crippen molar-refractivity contribution in [3.05, 3.63) is 28.2 Å². The third-order valence-corrected chi connectivity index (χ3v) is 4.48. The van der Waals surface area contributed by atoms with Crippen molar-refractivity contribution in [3.63, 3.8) is 0 Å². The predicted octanol–water partition coefficient (Wildman–Crippen LogP) is 1.18. The van der Waals surface area contributed by atoms with Crippen LogP contribution in [0.25, 0.3) is 0 Å². The van der Waals surface area contributed by atoms with Gasteiger partial charge in [-0.3, -0.25) is 4.79 Å². The van der Waals surface area contributed by atoms with E-state index in [9.17, 15) is 13.2 Å². The molecule has 0 saturated heterocycles. The Morgan fingerprint density at radius 1 is 1.35 bits per heavy atom. The summed E-state index contributed by atoms with van der Waals surface area (Å²) >= 11 is 11.3. The number of nitrogens with two attached hydrogens (primary N) is 1. The summed E-state index contributed by atoms with van der Waals surface area (Å²) in [4.78, 5) is 10.4. The molecule has 8 heteroatoms. The Hall–Kier alpha value is -0.820. The Kier molecular flexibility index (Phi) is 4.37. The van der Waals surface area contributed by atoms with Gasteiger partial charge < -0.3 is 10.8 Å². The highest BCUT2D eigenvalue weighted by molar-refractivity contribution is 7.91. The average Bonchev–Trinajstić information content (AvgIpc) is 2.21. The van der Waals surface area contributed by atoms with Crippen LogP contribution in [0.3, 0.4) is 0 Å². The van der Waals surface area contributed by atoms with Crippen LogP contribution in [0.1, 0.15) is 0 Å². The zero-order valence-electron chi connectivity index (χ0n) is 8.43. The van der Waals surface area contributed by atoms with Crippen molar-refractivity contribution in [1.82, 2.24) is 0 Å². The molecule has 1 unspecified atom stereocenters. The molecule has 0 aliphatic carbocycles. The second-order valence-corrected chi connectivity index (χ2v) is 6.15. The third-order valence-electron chi connectivity index (χ3n) is 1.97. The van der Waals surface area contributed by atoms with Crippen LogP contribution in [0.2, 0.25) is 10.0 Å². The predicted molar refractivity (Wildman–Crippen MR) is 64.1 cm³/mol. The highest BCUT2D eigenvalue weighted by atomic mass is 35.5. The summed E-state index contributed by atoms with van der Waals surface area (Å²) in [5, 5.41) is 8.85. The van der Waals surface area contributed by atoms with Crippen LogP contribution in [0.5, 0.6) is 0 Å². The minimum absolute atomic E-state index is 0.0802. The molecule has 1 aromatic rings. The van der Waals surface area contributed by atoms with E-state index in [1.54, 1.807) is 0 Å². The van der Waals surface area contributed by atoms with Crippen LogP contribution in [0, 0.1) is 0 Å². The minimum Gasteiger partial charge on any atom is -0.480 e. The molecule has 1 rings (SSSR count). The van der Waals surface area contributed by atoms with Crippen LogP contribution in [-0.4, -0.2) is 31.3 Å². The van der Waals surface area contributed by atoms with E-state index < -0.39 is 27.6 Å². The Bertz CT molecular complexity index is 544. The summed E-state index contributed by atoms with van der Waals surface area (Å²) in [6.45, 7) is 0. The first kappa shape index (κ1) is 14.2. The van der Waals surface area contributed by atoms with E-state index >= 15 is 0 Å². The molecule has 94 valence electrons. The van der Waals surface area contributed by atoms with E-state index in [2.05, 4.69) is 0 Å². The lowest BCUT2D eigenvalue weighted by atomic mass is 10.4. The van der Waals surface area contributed by atoms with E-state index in [0.29, 0.717) is 0 Å². The van der Waals surface area contributed by atoms with E-state index in [0.717, 1.165) is 6.07 Å². The molecule has 0 saturated carbocycles. The molecule has 0 amide bonds. The fourth-order valence-electron chi connectivity index (χ4n) is 1.07. The molecule has 17 heavy (non-hydrogen) atoms. The molecule has 0 radical (unpaired) electrons.